The second kappa shape index (κ2) is 11.3. The van der Waals surface area contributed by atoms with E-state index in [-0.39, 0.29) is 0 Å². The van der Waals surface area contributed by atoms with Crippen LogP contribution in [0.3, 0.4) is 0 Å². The zero-order chi connectivity index (χ0) is 24.7. The van der Waals surface area contributed by atoms with Crippen LogP contribution in [0.4, 0.5) is 0 Å². The molecule has 0 fully saturated rings. The van der Waals surface area contributed by atoms with Gasteiger partial charge in [-0.25, -0.2) is 9.67 Å². The van der Waals surface area contributed by atoms with E-state index in [1.807, 2.05) is 16.8 Å². The van der Waals surface area contributed by atoms with E-state index in [2.05, 4.69) is 63.7 Å². The minimum absolute atomic E-state index is 0.465. The van der Waals surface area contributed by atoms with Crippen molar-refractivity contribution in [2.75, 3.05) is 14.2 Å². The third-order valence-corrected chi connectivity index (χ3v) is 6.04. The first kappa shape index (κ1) is 24.6. The maximum absolute atomic E-state index is 5.80. The molecule has 3 heterocycles. The summed E-state index contributed by atoms with van der Waals surface area (Å²) in [6, 6.07) is 12.3. The summed E-state index contributed by atoms with van der Waals surface area (Å²) >= 11 is 0. The highest BCUT2D eigenvalue weighted by molar-refractivity contribution is 5.77. The lowest BCUT2D eigenvalue weighted by atomic mass is 10.0. The lowest BCUT2D eigenvalue weighted by Crippen LogP contribution is -2.32. The predicted molar refractivity (Wildman–Crippen MR) is 131 cm³/mol. The van der Waals surface area contributed by atoms with Gasteiger partial charge >= 0.3 is 0 Å². The molecule has 0 spiro atoms. The van der Waals surface area contributed by atoms with Crippen molar-refractivity contribution in [2.45, 2.75) is 58.3 Å². The van der Waals surface area contributed by atoms with Crippen LogP contribution < -0.4 is 0 Å². The number of aromatic nitrogens is 8. The second-order valence-corrected chi connectivity index (χ2v) is 8.35. The summed E-state index contributed by atoms with van der Waals surface area (Å²) in [7, 11) is 3.30. The Balaban J connectivity index is 1.61. The van der Waals surface area contributed by atoms with Gasteiger partial charge in [-0.15, -0.1) is 10.2 Å². The van der Waals surface area contributed by atoms with Gasteiger partial charge in [0.25, 0.3) is 0 Å². The number of H-pyrrole nitrogens is 1. The molecule has 0 unspecified atom stereocenters. The van der Waals surface area contributed by atoms with Gasteiger partial charge in [-0.3, -0.25) is 4.98 Å². The first-order chi connectivity index (χ1) is 17.1. The van der Waals surface area contributed by atoms with Crippen LogP contribution >= 0.6 is 0 Å². The molecule has 3 aromatic heterocycles. The van der Waals surface area contributed by atoms with Gasteiger partial charge in [0.1, 0.15) is 11.5 Å². The number of benzene rings is 1. The van der Waals surface area contributed by atoms with Crippen LogP contribution in [-0.4, -0.2) is 54.6 Å². The summed E-state index contributed by atoms with van der Waals surface area (Å²) in [6.07, 6.45) is 6.03. The third-order valence-electron chi connectivity index (χ3n) is 6.04. The molecule has 10 nitrogen and oxygen atoms in total. The Morgan fingerprint density at radius 2 is 1.83 bits per heavy atom. The fraction of sp³-hybridized carbons (Fsp3) is 0.440. The van der Waals surface area contributed by atoms with E-state index in [1.54, 1.807) is 20.4 Å². The highest BCUT2D eigenvalue weighted by Crippen LogP contribution is 2.31. The van der Waals surface area contributed by atoms with Gasteiger partial charge in [0.2, 0.25) is 17.4 Å². The fourth-order valence-electron chi connectivity index (χ4n) is 4.11. The van der Waals surface area contributed by atoms with Crippen molar-refractivity contribution in [3.63, 3.8) is 0 Å². The summed E-state index contributed by atoms with van der Waals surface area (Å²) in [4.78, 5) is 9.34. The SMILES string of the molecule is CCCCC(OC)(OC)c1nc(Cc2ccc(-c3cccnc3-c3nn[nH]n3)cc2)n(CCC)n1. The number of ether oxygens (including phenoxy) is 2. The largest absolute Gasteiger partial charge is 0.347 e. The Morgan fingerprint density at radius 1 is 1.03 bits per heavy atom. The van der Waals surface area contributed by atoms with E-state index in [0.717, 1.165) is 48.3 Å². The second-order valence-electron chi connectivity index (χ2n) is 8.35. The predicted octanol–water partition coefficient (Wildman–Crippen LogP) is 4.16. The van der Waals surface area contributed by atoms with Crippen molar-refractivity contribution < 1.29 is 9.47 Å². The van der Waals surface area contributed by atoms with E-state index in [0.29, 0.717) is 30.2 Å². The number of rotatable bonds is 12. The van der Waals surface area contributed by atoms with Gasteiger partial charge in [-0.2, -0.15) is 10.3 Å². The number of methoxy groups -OCH3 is 2. The molecule has 10 heteroatoms. The first-order valence-electron chi connectivity index (χ1n) is 12.0. The molecular weight excluding hydrogens is 444 g/mol. The van der Waals surface area contributed by atoms with E-state index in [9.17, 15) is 0 Å². The van der Waals surface area contributed by atoms with Crippen LogP contribution in [0, 0.1) is 0 Å². The van der Waals surface area contributed by atoms with Crippen molar-refractivity contribution in [3.8, 4) is 22.6 Å². The molecule has 1 aromatic carbocycles. The molecule has 0 aliphatic rings. The lowest BCUT2D eigenvalue weighted by Gasteiger charge is -2.27. The van der Waals surface area contributed by atoms with Crippen molar-refractivity contribution in [2.24, 2.45) is 0 Å². The topological polar surface area (TPSA) is 117 Å². The summed E-state index contributed by atoms with van der Waals surface area (Å²) < 4.78 is 13.6. The van der Waals surface area contributed by atoms with E-state index < -0.39 is 5.79 Å². The van der Waals surface area contributed by atoms with E-state index in [1.165, 1.54) is 0 Å². The van der Waals surface area contributed by atoms with Gasteiger partial charge in [-0.05, 0) is 35.2 Å². The Kier molecular flexibility index (Phi) is 7.94. The number of nitrogens with one attached hydrogen (secondary N) is 1. The molecule has 0 bridgehead atoms. The number of tetrazole rings is 1. The Hall–Kier alpha value is -3.50. The molecule has 4 aromatic rings. The number of pyridine rings is 1. The Bertz CT molecular complexity index is 1200. The van der Waals surface area contributed by atoms with Gasteiger partial charge in [0.15, 0.2) is 0 Å². The standard InChI is InChI=1S/C25H32N8O2/c1-5-7-14-25(34-3,35-4)24-27-21(33(30-24)16-6-2)17-18-10-12-19(13-11-18)20-9-8-15-26-22(20)23-28-31-32-29-23/h8-13,15H,5-7,14,16-17H2,1-4H3,(H,28,29,31,32). The number of unbranched alkanes of at least 4 members (excludes halogenated alkanes) is 1. The van der Waals surface area contributed by atoms with Gasteiger partial charge < -0.3 is 9.47 Å². The lowest BCUT2D eigenvalue weighted by molar-refractivity contribution is -0.226. The average Bonchev–Trinajstić information content (AvgIpc) is 3.57. The molecule has 4 rings (SSSR count). The Morgan fingerprint density at radius 3 is 2.49 bits per heavy atom. The highest BCUT2D eigenvalue weighted by Gasteiger charge is 2.37. The van der Waals surface area contributed by atoms with Gasteiger partial charge in [-0.1, -0.05) is 50.6 Å². The molecule has 0 radical (unpaired) electrons. The van der Waals surface area contributed by atoms with E-state index >= 15 is 0 Å². The monoisotopic (exact) mass is 476 g/mol. The summed E-state index contributed by atoms with van der Waals surface area (Å²) in [6.45, 7) is 5.05. The smallest absolute Gasteiger partial charge is 0.231 e. The zero-order valence-corrected chi connectivity index (χ0v) is 20.7. The van der Waals surface area contributed by atoms with Crippen molar-refractivity contribution in [3.05, 3.63) is 59.8 Å². The number of nitrogens with zero attached hydrogens (tertiary/aromatic N) is 7. The number of aromatic amines is 1. The minimum Gasteiger partial charge on any atom is -0.347 e. The highest BCUT2D eigenvalue weighted by atomic mass is 16.7. The molecule has 35 heavy (non-hydrogen) atoms. The quantitative estimate of drug-likeness (QED) is 0.303. The first-order valence-corrected chi connectivity index (χ1v) is 12.0. The molecule has 0 atom stereocenters. The average molecular weight is 477 g/mol. The molecule has 184 valence electrons. The minimum atomic E-state index is -0.931. The molecule has 0 saturated heterocycles. The number of aryl methyl sites for hydroxylation is 1. The van der Waals surface area contributed by atoms with Crippen LogP contribution in [0.15, 0.2) is 42.6 Å². The van der Waals surface area contributed by atoms with Crippen molar-refractivity contribution in [1.82, 2.24) is 40.4 Å². The number of hydrogen-bond acceptors (Lipinski definition) is 8. The van der Waals surface area contributed by atoms with E-state index in [4.69, 9.17) is 19.6 Å². The maximum Gasteiger partial charge on any atom is 0.231 e. The summed E-state index contributed by atoms with van der Waals surface area (Å²) in [5, 5.41) is 19.1. The molecular formula is C25H32N8O2. The van der Waals surface area contributed by atoms with Crippen molar-refractivity contribution in [1.29, 1.82) is 0 Å². The molecule has 0 saturated carbocycles. The van der Waals surface area contributed by atoms with Gasteiger partial charge in [0, 0.05) is 45.4 Å². The van der Waals surface area contributed by atoms with Crippen molar-refractivity contribution >= 4 is 0 Å². The zero-order valence-electron chi connectivity index (χ0n) is 20.7. The molecule has 0 amide bonds. The normalized spacial score (nSPS) is 11.8. The summed E-state index contributed by atoms with van der Waals surface area (Å²) in [5.41, 5.74) is 3.78. The fourth-order valence-corrected chi connectivity index (χ4v) is 4.11. The van der Waals surface area contributed by atoms with Crippen LogP contribution in [0.1, 0.15) is 56.7 Å². The molecule has 0 aliphatic carbocycles. The third kappa shape index (κ3) is 5.28. The van der Waals surface area contributed by atoms with Crippen LogP contribution in [0.25, 0.3) is 22.6 Å². The molecule has 0 aliphatic heterocycles. The number of hydrogen-bond donors (Lipinski definition) is 1. The summed E-state index contributed by atoms with van der Waals surface area (Å²) in [5.74, 6) is 1.00. The van der Waals surface area contributed by atoms with Crippen LogP contribution in [0.2, 0.25) is 0 Å². The van der Waals surface area contributed by atoms with Crippen LogP contribution in [-0.2, 0) is 28.2 Å². The maximum atomic E-state index is 5.80. The van der Waals surface area contributed by atoms with Crippen LogP contribution in [0.5, 0.6) is 0 Å². The molecule has 1 N–H and O–H groups in total. The van der Waals surface area contributed by atoms with Gasteiger partial charge in [0.05, 0.1) is 0 Å². The Labute approximate surface area is 205 Å².